The van der Waals surface area contributed by atoms with E-state index >= 15 is 0 Å². The van der Waals surface area contributed by atoms with E-state index in [0.717, 1.165) is 19.3 Å². The van der Waals surface area contributed by atoms with E-state index in [9.17, 15) is 9.59 Å². The van der Waals surface area contributed by atoms with Crippen LogP contribution in [0.5, 0.6) is 0 Å². The summed E-state index contributed by atoms with van der Waals surface area (Å²) in [5.41, 5.74) is 2.51. The molecule has 2 N–H and O–H groups in total. The maximum Gasteiger partial charge on any atom is 0.326 e. The summed E-state index contributed by atoms with van der Waals surface area (Å²) in [6.45, 7) is 1.92. The van der Waals surface area contributed by atoms with Crippen molar-refractivity contribution in [1.82, 2.24) is 5.32 Å². The molecule has 1 aliphatic carbocycles. The number of benzene rings is 1. The number of amides is 1. The lowest BCUT2D eigenvalue weighted by Crippen LogP contribution is -2.44. The molecule has 1 aromatic carbocycles. The molecule has 2 rings (SSSR count). The molecule has 1 aromatic rings. The zero-order valence-corrected chi connectivity index (χ0v) is 11.8. The van der Waals surface area contributed by atoms with E-state index in [1.807, 2.05) is 19.1 Å². The highest BCUT2D eigenvalue weighted by Gasteiger charge is 2.27. The Hall–Kier alpha value is -1.84. The van der Waals surface area contributed by atoms with Crippen LogP contribution >= 0.6 is 0 Å². The molecule has 0 spiro atoms. The van der Waals surface area contributed by atoms with Crippen LogP contribution < -0.4 is 5.32 Å². The van der Waals surface area contributed by atoms with E-state index in [1.54, 1.807) is 0 Å². The van der Waals surface area contributed by atoms with E-state index in [4.69, 9.17) is 5.11 Å². The average molecular weight is 275 g/mol. The van der Waals surface area contributed by atoms with Gasteiger partial charge >= 0.3 is 5.97 Å². The third-order valence-corrected chi connectivity index (χ3v) is 3.91. The van der Waals surface area contributed by atoms with Crippen LogP contribution in [-0.2, 0) is 22.4 Å². The SMILES string of the molecule is CCC[C@H](NC(=O)C1CCc2ccccc2C1)C(=O)O. The third-order valence-electron chi connectivity index (χ3n) is 3.91. The van der Waals surface area contributed by atoms with Gasteiger partial charge < -0.3 is 10.4 Å². The first kappa shape index (κ1) is 14.6. The van der Waals surface area contributed by atoms with E-state index in [-0.39, 0.29) is 11.8 Å². The second-order valence-corrected chi connectivity index (χ2v) is 5.40. The summed E-state index contributed by atoms with van der Waals surface area (Å²) >= 11 is 0. The molecular formula is C16H21NO3. The van der Waals surface area contributed by atoms with Crippen LogP contribution in [0.3, 0.4) is 0 Å². The first-order valence-corrected chi connectivity index (χ1v) is 7.21. The van der Waals surface area contributed by atoms with Crippen molar-refractivity contribution < 1.29 is 14.7 Å². The van der Waals surface area contributed by atoms with Gasteiger partial charge in [-0.25, -0.2) is 4.79 Å². The van der Waals surface area contributed by atoms with E-state index in [2.05, 4.69) is 17.4 Å². The summed E-state index contributed by atoms with van der Waals surface area (Å²) in [6.07, 6.45) is 3.61. The van der Waals surface area contributed by atoms with Gasteiger partial charge in [0.15, 0.2) is 0 Å². The summed E-state index contributed by atoms with van der Waals surface area (Å²) < 4.78 is 0. The Labute approximate surface area is 119 Å². The fraction of sp³-hybridized carbons (Fsp3) is 0.500. The Kier molecular flexibility index (Phi) is 4.77. The van der Waals surface area contributed by atoms with Gasteiger partial charge in [-0.15, -0.1) is 0 Å². The molecule has 0 fully saturated rings. The minimum absolute atomic E-state index is 0.108. The predicted octanol–water partition coefficient (Wildman–Crippen LogP) is 2.16. The third kappa shape index (κ3) is 3.38. The highest BCUT2D eigenvalue weighted by atomic mass is 16.4. The number of fused-ring (bicyclic) bond motifs is 1. The van der Waals surface area contributed by atoms with Crippen molar-refractivity contribution in [2.45, 2.75) is 45.1 Å². The number of carboxylic acids is 1. The Morgan fingerprint density at radius 1 is 1.35 bits per heavy atom. The Balaban J connectivity index is 1.99. The number of hydrogen-bond acceptors (Lipinski definition) is 2. The summed E-state index contributed by atoms with van der Waals surface area (Å²) in [7, 11) is 0. The normalized spacial score (nSPS) is 18.9. The zero-order valence-electron chi connectivity index (χ0n) is 11.8. The van der Waals surface area contributed by atoms with Crippen LogP contribution in [0.15, 0.2) is 24.3 Å². The molecular weight excluding hydrogens is 254 g/mol. The van der Waals surface area contributed by atoms with Crippen molar-refractivity contribution in [3.8, 4) is 0 Å². The standard InChI is InChI=1S/C16H21NO3/c1-2-5-14(16(19)20)17-15(18)13-9-8-11-6-3-4-7-12(11)10-13/h3-4,6-7,13-14H,2,5,8-10H2,1H3,(H,17,18)(H,19,20)/t13?,14-/m0/s1. The molecule has 1 aliphatic rings. The Bertz CT molecular complexity index is 498. The number of aliphatic carboxylic acids is 1. The van der Waals surface area contributed by atoms with Crippen molar-refractivity contribution >= 4 is 11.9 Å². The van der Waals surface area contributed by atoms with Crippen molar-refractivity contribution in [3.05, 3.63) is 35.4 Å². The molecule has 2 atom stereocenters. The number of carboxylic acid groups (broad SMARTS) is 1. The largest absolute Gasteiger partial charge is 0.480 e. The lowest BCUT2D eigenvalue weighted by Gasteiger charge is -2.25. The number of carbonyl (C=O) groups excluding carboxylic acids is 1. The molecule has 0 heterocycles. The summed E-state index contributed by atoms with van der Waals surface area (Å²) in [5, 5.41) is 11.8. The minimum Gasteiger partial charge on any atom is -0.480 e. The molecule has 20 heavy (non-hydrogen) atoms. The summed E-state index contributed by atoms with van der Waals surface area (Å²) in [6, 6.07) is 7.39. The summed E-state index contributed by atoms with van der Waals surface area (Å²) in [5.74, 6) is -1.18. The average Bonchev–Trinajstić information content (AvgIpc) is 2.46. The molecule has 1 amide bonds. The molecule has 0 saturated heterocycles. The number of carbonyl (C=O) groups is 2. The van der Waals surface area contributed by atoms with Gasteiger partial charge in [-0.05, 0) is 36.8 Å². The fourth-order valence-corrected chi connectivity index (χ4v) is 2.76. The minimum atomic E-state index is -0.948. The maximum atomic E-state index is 12.2. The molecule has 0 aromatic heterocycles. The topological polar surface area (TPSA) is 66.4 Å². The van der Waals surface area contributed by atoms with Crippen molar-refractivity contribution in [1.29, 1.82) is 0 Å². The second-order valence-electron chi connectivity index (χ2n) is 5.40. The molecule has 0 radical (unpaired) electrons. The maximum absolute atomic E-state index is 12.2. The van der Waals surface area contributed by atoms with Crippen molar-refractivity contribution in [3.63, 3.8) is 0 Å². The van der Waals surface area contributed by atoms with Crippen LogP contribution in [0.2, 0.25) is 0 Å². The highest BCUT2D eigenvalue weighted by Crippen LogP contribution is 2.25. The molecule has 108 valence electrons. The van der Waals surface area contributed by atoms with E-state index < -0.39 is 12.0 Å². The smallest absolute Gasteiger partial charge is 0.326 e. The van der Waals surface area contributed by atoms with Gasteiger partial charge in [0.05, 0.1) is 0 Å². The van der Waals surface area contributed by atoms with Gasteiger partial charge in [0, 0.05) is 5.92 Å². The molecule has 0 bridgehead atoms. The van der Waals surface area contributed by atoms with Crippen LogP contribution in [0, 0.1) is 5.92 Å². The first-order chi connectivity index (χ1) is 9.61. The van der Waals surface area contributed by atoms with Crippen molar-refractivity contribution in [2.24, 2.45) is 5.92 Å². The highest BCUT2D eigenvalue weighted by molar-refractivity contribution is 5.85. The lowest BCUT2D eigenvalue weighted by molar-refractivity contribution is -0.142. The predicted molar refractivity (Wildman–Crippen MR) is 76.4 cm³/mol. The van der Waals surface area contributed by atoms with Gasteiger partial charge in [0.1, 0.15) is 6.04 Å². The fourth-order valence-electron chi connectivity index (χ4n) is 2.76. The van der Waals surface area contributed by atoms with Gasteiger partial charge in [-0.2, -0.15) is 0 Å². The van der Waals surface area contributed by atoms with E-state index in [0.29, 0.717) is 12.8 Å². The Morgan fingerprint density at radius 3 is 2.70 bits per heavy atom. The molecule has 0 saturated carbocycles. The Morgan fingerprint density at radius 2 is 2.05 bits per heavy atom. The van der Waals surface area contributed by atoms with Gasteiger partial charge in [-0.3, -0.25) is 4.79 Å². The van der Waals surface area contributed by atoms with Crippen LogP contribution in [0.1, 0.15) is 37.3 Å². The van der Waals surface area contributed by atoms with Crippen LogP contribution in [0.4, 0.5) is 0 Å². The number of rotatable bonds is 5. The molecule has 4 heteroatoms. The summed E-state index contributed by atoms with van der Waals surface area (Å²) in [4.78, 5) is 23.3. The van der Waals surface area contributed by atoms with Gasteiger partial charge in [0.2, 0.25) is 5.91 Å². The van der Waals surface area contributed by atoms with Crippen LogP contribution in [0.25, 0.3) is 0 Å². The van der Waals surface area contributed by atoms with E-state index in [1.165, 1.54) is 11.1 Å². The molecule has 1 unspecified atom stereocenters. The van der Waals surface area contributed by atoms with Gasteiger partial charge in [0.25, 0.3) is 0 Å². The zero-order chi connectivity index (χ0) is 14.5. The van der Waals surface area contributed by atoms with Gasteiger partial charge in [-0.1, -0.05) is 37.6 Å². The second kappa shape index (κ2) is 6.55. The lowest BCUT2D eigenvalue weighted by atomic mass is 9.83. The quantitative estimate of drug-likeness (QED) is 0.865. The van der Waals surface area contributed by atoms with Crippen molar-refractivity contribution in [2.75, 3.05) is 0 Å². The molecule has 0 aliphatic heterocycles. The number of nitrogens with one attached hydrogen (secondary N) is 1. The number of aryl methyl sites for hydroxylation is 1. The first-order valence-electron chi connectivity index (χ1n) is 7.21. The molecule has 4 nitrogen and oxygen atoms in total. The number of hydrogen-bond donors (Lipinski definition) is 2. The monoisotopic (exact) mass is 275 g/mol. The van der Waals surface area contributed by atoms with Crippen LogP contribution in [-0.4, -0.2) is 23.0 Å².